The van der Waals surface area contributed by atoms with Gasteiger partial charge in [-0.25, -0.2) is 0 Å². The Morgan fingerprint density at radius 3 is 2.28 bits per heavy atom. The summed E-state index contributed by atoms with van der Waals surface area (Å²) in [5.74, 6) is 0.475. The van der Waals surface area contributed by atoms with Crippen LogP contribution in [0.2, 0.25) is 5.02 Å². The standard InChI is InChI=1S/C18H17BrClNO4/c1-24-16-10-17(25-2)14(9-13(16)20)21-18(23)8-7-15(22)11-3-5-12(19)6-4-11/h3-6,9-10H,7-8H2,1-2H3,(H,21,23). The van der Waals surface area contributed by atoms with Crippen LogP contribution in [-0.4, -0.2) is 25.9 Å². The molecule has 2 aromatic carbocycles. The predicted molar refractivity (Wildman–Crippen MR) is 101 cm³/mol. The lowest BCUT2D eigenvalue weighted by molar-refractivity contribution is -0.116. The molecule has 0 atom stereocenters. The van der Waals surface area contributed by atoms with Gasteiger partial charge in [0.15, 0.2) is 5.78 Å². The van der Waals surface area contributed by atoms with E-state index in [4.69, 9.17) is 21.1 Å². The van der Waals surface area contributed by atoms with Crippen molar-refractivity contribution in [2.45, 2.75) is 12.8 Å². The Balaban J connectivity index is 1.99. The van der Waals surface area contributed by atoms with Gasteiger partial charge in [-0.1, -0.05) is 39.7 Å². The molecule has 0 aliphatic heterocycles. The van der Waals surface area contributed by atoms with E-state index < -0.39 is 0 Å². The summed E-state index contributed by atoms with van der Waals surface area (Å²) in [7, 11) is 2.97. The second-order valence-electron chi connectivity index (χ2n) is 5.17. The monoisotopic (exact) mass is 425 g/mol. The van der Waals surface area contributed by atoms with Crippen LogP contribution in [0.1, 0.15) is 23.2 Å². The minimum absolute atomic E-state index is 0.0572. The Bertz CT molecular complexity index is 777. The number of Topliss-reactive ketones (excluding diaryl/α,β-unsaturated/α-hetero) is 1. The zero-order valence-electron chi connectivity index (χ0n) is 13.8. The number of hydrogen-bond acceptors (Lipinski definition) is 4. The highest BCUT2D eigenvalue weighted by molar-refractivity contribution is 9.10. The average Bonchev–Trinajstić information content (AvgIpc) is 2.60. The molecule has 0 spiro atoms. The number of ketones is 1. The molecule has 0 saturated heterocycles. The second kappa shape index (κ2) is 8.87. The van der Waals surface area contributed by atoms with Crippen LogP contribution in [0.15, 0.2) is 40.9 Å². The molecule has 5 nitrogen and oxygen atoms in total. The van der Waals surface area contributed by atoms with E-state index >= 15 is 0 Å². The Morgan fingerprint density at radius 1 is 1.04 bits per heavy atom. The van der Waals surface area contributed by atoms with Gasteiger partial charge in [0.1, 0.15) is 11.5 Å². The third kappa shape index (κ3) is 5.21. The van der Waals surface area contributed by atoms with Gasteiger partial charge in [0.05, 0.1) is 24.9 Å². The van der Waals surface area contributed by atoms with Gasteiger partial charge in [-0.05, 0) is 18.2 Å². The van der Waals surface area contributed by atoms with E-state index in [0.717, 1.165) is 4.47 Å². The van der Waals surface area contributed by atoms with Crippen molar-refractivity contribution in [3.63, 3.8) is 0 Å². The number of methoxy groups -OCH3 is 2. The van der Waals surface area contributed by atoms with Gasteiger partial charge in [0, 0.05) is 28.9 Å². The van der Waals surface area contributed by atoms with E-state index in [1.165, 1.54) is 14.2 Å². The third-order valence-corrected chi connectivity index (χ3v) is 4.32. The largest absolute Gasteiger partial charge is 0.495 e. The normalized spacial score (nSPS) is 10.2. The average molecular weight is 427 g/mol. The van der Waals surface area contributed by atoms with Crippen molar-refractivity contribution in [3.8, 4) is 11.5 Å². The highest BCUT2D eigenvalue weighted by atomic mass is 79.9. The van der Waals surface area contributed by atoms with Crippen molar-refractivity contribution < 1.29 is 19.1 Å². The molecule has 132 valence electrons. The number of rotatable bonds is 7. The molecule has 0 unspecified atom stereocenters. The van der Waals surface area contributed by atoms with Gasteiger partial charge in [-0.2, -0.15) is 0 Å². The number of carbonyl (C=O) groups is 2. The van der Waals surface area contributed by atoms with E-state index in [9.17, 15) is 9.59 Å². The van der Waals surface area contributed by atoms with Crippen LogP contribution in [0.3, 0.4) is 0 Å². The number of anilines is 1. The van der Waals surface area contributed by atoms with Crippen molar-refractivity contribution in [3.05, 3.63) is 51.5 Å². The summed E-state index contributed by atoms with van der Waals surface area (Å²) < 4.78 is 11.2. The first kappa shape index (κ1) is 19.3. The summed E-state index contributed by atoms with van der Waals surface area (Å²) in [5, 5.41) is 3.06. The fraction of sp³-hybridized carbons (Fsp3) is 0.222. The number of halogens is 2. The predicted octanol–water partition coefficient (Wildman–Crippen LogP) is 4.72. The molecule has 1 amide bonds. The highest BCUT2D eigenvalue weighted by Crippen LogP contribution is 2.35. The summed E-state index contributed by atoms with van der Waals surface area (Å²) in [6.07, 6.45) is 0.168. The van der Waals surface area contributed by atoms with E-state index in [1.807, 2.05) is 0 Å². The number of hydrogen-bond donors (Lipinski definition) is 1. The highest BCUT2D eigenvalue weighted by Gasteiger charge is 2.14. The van der Waals surface area contributed by atoms with Crippen molar-refractivity contribution in [1.29, 1.82) is 0 Å². The smallest absolute Gasteiger partial charge is 0.224 e. The van der Waals surface area contributed by atoms with Gasteiger partial charge in [-0.15, -0.1) is 0 Å². The quantitative estimate of drug-likeness (QED) is 0.651. The van der Waals surface area contributed by atoms with Gasteiger partial charge in [-0.3, -0.25) is 9.59 Å². The SMILES string of the molecule is COc1cc(OC)c(NC(=O)CCC(=O)c2ccc(Br)cc2)cc1Cl. The van der Waals surface area contributed by atoms with Crippen LogP contribution in [0, 0.1) is 0 Å². The van der Waals surface area contributed by atoms with Crippen LogP contribution in [0.25, 0.3) is 0 Å². The molecule has 0 heterocycles. The molecule has 0 aliphatic carbocycles. The molecule has 1 N–H and O–H groups in total. The Hall–Kier alpha value is -2.05. The second-order valence-corrected chi connectivity index (χ2v) is 6.49. The van der Waals surface area contributed by atoms with Crippen molar-refractivity contribution in [1.82, 2.24) is 0 Å². The maximum absolute atomic E-state index is 12.1. The van der Waals surface area contributed by atoms with Gasteiger partial charge in [0.25, 0.3) is 0 Å². The fourth-order valence-corrected chi connectivity index (χ4v) is 2.68. The number of amides is 1. The summed E-state index contributed by atoms with van der Waals surface area (Å²) in [6.45, 7) is 0. The number of nitrogens with one attached hydrogen (secondary N) is 1. The van der Waals surface area contributed by atoms with Gasteiger partial charge < -0.3 is 14.8 Å². The Labute approximate surface area is 159 Å². The molecular weight excluding hydrogens is 410 g/mol. The van der Waals surface area contributed by atoms with Crippen molar-refractivity contribution >= 4 is 44.9 Å². The molecule has 0 aliphatic rings. The number of benzene rings is 2. The minimum Gasteiger partial charge on any atom is -0.495 e. The number of carbonyl (C=O) groups excluding carboxylic acids is 2. The van der Waals surface area contributed by atoms with E-state index in [0.29, 0.717) is 27.8 Å². The summed E-state index contributed by atoms with van der Waals surface area (Å²) in [5.41, 5.74) is 0.996. The van der Waals surface area contributed by atoms with E-state index in [-0.39, 0.29) is 24.5 Å². The first-order chi connectivity index (χ1) is 11.9. The van der Waals surface area contributed by atoms with Crippen LogP contribution >= 0.6 is 27.5 Å². The molecule has 0 bridgehead atoms. The lowest BCUT2D eigenvalue weighted by atomic mass is 10.1. The van der Waals surface area contributed by atoms with Crippen LogP contribution in [0.5, 0.6) is 11.5 Å². The Kier molecular flexibility index (Phi) is 6.84. The van der Waals surface area contributed by atoms with Gasteiger partial charge in [0.2, 0.25) is 5.91 Å². The third-order valence-electron chi connectivity index (χ3n) is 3.49. The van der Waals surface area contributed by atoms with Crippen molar-refractivity contribution in [2.24, 2.45) is 0 Å². The molecular formula is C18H17BrClNO4. The molecule has 25 heavy (non-hydrogen) atoms. The summed E-state index contributed by atoms with van der Waals surface area (Å²) >= 11 is 9.39. The number of ether oxygens (including phenoxy) is 2. The molecule has 0 aromatic heterocycles. The molecule has 2 rings (SSSR count). The van der Waals surface area contributed by atoms with E-state index in [2.05, 4.69) is 21.2 Å². The maximum atomic E-state index is 12.1. The Morgan fingerprint density at radius 2 is 1.68 bits per heavy atom. The molecule has 2 aromatic rings. The van der Waals surface area contributed by atoms with Crippen LogP contribution < -0.4 is 14.8 Å². The first-order valence-corrected chi connectivity index (χ1v) is 8.62. The lowest BCUT2D eigenvalue weighted by Crippen LogP contribution is -2.14. The van der Waals surface area contributed by atoms with E-state index in [1.54, 1.807) is 36.4 Å². The zero-order valence-corrected chi connectivity index (χ0v) is 16.1. The summed E-state index contributed by atoms with van der Waals surface area (Å²) in [6, 6.07) is 10.2. The molecule has 0 radical (unpaired) electrons. The lowest BCUT2D eigenvalue weighted by Gasteiger charge is -2.13. The molecule has 0 saturated carbocycles. The van der Waals surface area contributed by atoms with Gasteiger partial charge >= 0.3 is 0 Å². The van der Waals surface area contributed by atoms with Crippen LogP contribution in [-0.2, 0) is 4.79 Å². The minimum atomic E-state index is -0.301. The van der Waals surface area contributed by atoms with Crippen molar-refractivity contribution in [2.75, 3.05) is 19.5 Å². The molecule has 7 heteroatoms. The summed E-state index contributed by atoms with van der Waals surface area (Å²) in [4.78, 5) is 24.3. The fourth-order valence-electron chi connectivity index (χ4n) is 2.18. The first-order valence-electron chi connectivity index (χ1n) is 7.44. The topological polar surface area (TPSA) is 64.6 Å². The zero-order chi connectivity index (χ0) is 18.4. The van der Waals surface area contributed by atoms with Crippen LogP contribution in [0.4, 0.5) is 5.69 Å². The maximum Gasteiger partial charge on any atom is 0.224 e. The molecule has 0 fully saturated rings.